The summed E-state index contributed by atoms with van der Waals surface area (Å²) in [6.07, 6.45) is 9.74. The first-order chi connectivity index (χ1) is 10.4. The second kappa shape index (κ2) is 7.20. The topological polar surface area (TPSA) is 38.8 Å². The molecule has 2 aliphatic rings. The Balaban J connectivity index is 1.91. The van der Waals surface area contributed by atoms with Crippen LogP contribution in [0.4, 0.5) is 4.79 Å². The van der Waals surface area contributed by atoms with Gasteiger partial charge in [0.15, 0.2) is 0 Å². The van der Waals surface area contributed by atoms with Gasteiger partial charge in [-0.2, -0.15) is 0 Å². The van der Waals surface area contributed by atoms with E-state index in [1.54, 1.807) is 0 Å². The summed E-state index contributed by atoms with van der Waals surface area (Å²) < 4.78 is 11.8. The van der Waals surface area contributed by atoms with E-state index in [2.05, 4.69) is 20.8 Å². The molecule has 0 N–H and O–H groups in total. The Kier molecular flexibility index (Phi) is 5.76. The van der Waals surface area contributed by atoms with Crippen molar-refractivity contribution < 1.29 is 14.3 Å². The lowest BCUT2D eigenvalue weighted by Gasteiger charge is -2.39. The molecule has 1 aliphatic heterocycles. The predicted molar refractivity (Wildman–Crippen MR) is 87.8 cm³/mol. The third-order valence-corrected chi connectivity index (χ3v) is 5.04. The molecule has 1 aliphatic carbocycles. The number of carbonyl (C=O) groups excluding carboxylic acids is 1. The molecule has 22 heavy (non-hydrogen) atoms. The average molecular weight is 311 g/mol. The van der Waals surface area contributed by atoms with Crippen molar-refractivity contribution in [3.05, 3.63) is 0 Å². The third-order valence-electron chi connectivity index (χ3n) is 5.04. The highest BCUT2D eigenvalue weighted by molar-refractivity contribution is 5.70. The number of hydrogen-bond acceptors (Lipinski definition) is 3. The first kappa shape index (κ1) is 17.6. The van der Waals surface area contributed by atoms with Gasteiger partial charge in [0.05, 0.1) is 12.1 Å². The quantitative estimate of drug-likeness (QED) is 0.657. The van der Waals surface area contributed by atoms with Gasteiger partial charge < -0.3 is 9.47 Å². The molecule has 1 spiro atoms. The molecule has 0 unspecified atom stereocenters. The zero-order chi connectivity index (χ0) is 16.2. The molecule has 0 bridgehead atoms. The number of rotatable bonds is 6. The fraction of sp³-hybridized carbons (Fsp3) is 0.944. The van der Waals surface area contributed by atoms with Gasteiger partial charge in [-0.3, -0.25) is 4.90 Å². The Morgan fingerprint density at radius 1 is 1.23 bits per heavy atom. The summed E-state index contributed by atoms with van der Waals surface area (Å²) in [6.45, 7) is 8.97. The van der Waals surface area contributed by atoms with Crippen molar-refractivity contribution in [3.8, 4) is 0 Å². The van der Waals surface area contributed by atoms with Crippen molar-refractivity contribution in [2.75, 3.05) is 6.61 Å². The number of amides is 1. The summed E-state index contributed by atoms with van der Waals surface area (Å²) in [4.78, 5) is 14.6. The molecule has 4 nitrogen and oxygen atoms in total. The lowest BCUT2D eigenvalue weighted by molar-refractivity contribution is -0.0796. The summed E-state index contributed by atoms with van der Waals surface area (Å²) in [7, 11) is 0. The summed E-state index contributed by atoms with van der Waals surface area (Å²) in [5, 5.41) is 0. The van der Waals surface area contributed by atoms with Gasteiger partial charge in [0.1, 0.15) is 11.8 Å². The van der Waals surface area contributed by atoms with Crippen LogP contribution in [0.15, 0.2) is 0 Å². The lowest BCUT2D eigenvalue weighted by Crippen LogP contribution is -2.55. The molecule has 2 fully saturated rings. The Hall–Kier alpha value is -0.770. The Labute approximate surface area is 135 Å². The number of ether oxygens (including phenoxy) is 2. The number of carbonyl (C=O) groups is 1. The zero-order valence-corrected chi connectivity index (χ0v) is 14.8. The average Bonchev–Trinajstić information content (AvgIpc) is 3.00. The molecule has 4 heteroatoms. The van der Waals surface area contributed by atoms with Crippen molar-refractivity contribution in [1.82, 2.24) is 4.90 Å². The SMILES string of the molecule is CCCCCC[C@H](C)OC(=O)N1C(C)(C)COC12CCCC2. The summed E-state index contributed by atoms with van der Waals surface area (Å²) in [5.41, 5.74) is -0.675. The fourth-order valence-electron chi connectivity index (χ4n) is 3.84. The van der Waals surface area contributed by atoms with Crippen LogP contribution < -0.4 is 0 Å². The van der Waals surface area contributed by atoms with Crippen molar-refractivity contribution in [3.63, 3.8) is 0 Å². The number of nitrogens with zero attached hydrogens (tertiary/aromatic N) is 1. The van der Waals surface area contributed by atoms with Gasteiger partial charge in [0.2, 0.25) is 0 Å². The van der Waals surface area contributed by atoms with Crippen molar-refractivity contribution >= 4 is 6.09 Å². The zero-order valence-electron chi connectivity index (χ0n) is 14.8. The molecule has 0 radical (unpaired) electrons. The van der Waals surface area contributed by atoms with Gasteiger partial charge >= 0.3 is 6.09 Å². The molecule has 1 saturated heterocycles. The summed E-state index contributed by atoms with van der Waals surface area (Å²) in [5.74, 6) is 0. The lowest BCUT2D eigenvalue weighted by atomic mass is 10.0. The smallest absolute Gasteiger partial charge is 0.412 e. The molecule has 1 atom stereocenters. The first-order valence-corrected chi connectivity index (χ1v) is 9.06. The molecule has 1 amide bonds. The predicted octanol–water partition coefficient (Wildman–Crippen LogP) is 4.86. The second-order valence-corrected chi connectivity index (χ2v) is 7.63. The van der Waals surface area contributed by atoms with Gasteiger partial charge in [0, 0.05) is 0 Å². The Bertz CT molecular complexity index is 375. The van der Waals surface area contributed by atoms with Gasteiger partial charge in [0.25, 0.3) is 0 Å². The minimum atomic E-state index is -0.400. The molecule has 0 aromatic carbocycles. The largest absolute Gasteiger partial charge is 0.446 e. The maximum atomic E-state index is 12.7. The normalized spacial score (nSPS) is 23.9. The minimum absolute atomic E-state index is 0.0146. The summed E-state index contributed by atoms with van der Waals surface area (Å²) in [6, 6.07) is 0. The van der Waals surface area contributed by atoms with E-state index < -0.39 is 5.72 Å². The van der Waals surface area contributed by atoms with Gasteiger partial charge in [-0.1, -0.05) is 26.2 Å². The van der Waals surface area contributed by atoms with Crippen LogP contribution in [0.2, 0.25) is 0 Å². The van der Waals surface area contributed by atoms with E-state index >= 15 is 0 Å². The highest BCUT2D eigenvalue weighted by Gasteiger charge is 2.56. The first-order valence-electron chi connectivity index (χ1n) is 9.06. The van der Waals surface area contributed by atoms with Crippen LogP contribution in [0.3, 0.4) is 0 Å². The van der Waals surface area contributed by atoms with Crippen molar-refractivity contribution in [2.24, 2.45) is 0 Å². The minimum Gasteiger partial charge on any atom is -0.446 e. The monoisotopic (exact) mass is 311 g/mol. The Morgan fingerprint density at radius 2 is 1.91 bits per heavy atom. The Morgan fingerprint density at radius 3 is 2.55 bits per heavy atom. The van der Waals surface area contributed by atoms with E-state index in [9.17, 15) is 4.79 Å². The van der Waals surface area contributed by atoms with Crippen molar-refractivity contribution in [2.45, 2.75) is 103 Å². The van der Waals surface area contributed by atoms with Crippen LogP contribution in [-0.4, -0.2) is 35.0 Å². The van der Waals surface area contributed by atoms with Crippen LogP contribution in [-0.2, 0) is 9.47 Å². The molecule has 0 aromatic heterocycles. The van der Waals surface area contributed by atoms with Crippen LogP contribution in [0.5, 0.6) is 0 Å². The van der Waals surface area contributed by atoms with Crippen LogP contribution in [0.25, 0.3) is 0 Å². The van der Waals surface area contributed by atoms with E-state index in [0.29, 0.717) is 6.61 Å². The van der Waals surface area contributed by atoms with Gasteiger partial charge in [-0.25, -0.2) is 4.79 Å². The number of unbranched alkanes of at least 4 members (excludes halogenated alkanes) is 3. The molecule has 0 aromatic rings. The standard InChI is InChI=1S/C18H33NO3/c1-5-6-7-8-11-15(2)22-16(20)19-17(3,4)14-21-18(19)12-9-10-13-18/h15H,5-14H2,1-4H3/t15-/m0/s1. The van der Waals surface area contributed by atoms with Gasteiger partial charge in [-0.15, -0.1) is 0 Å². The number of hydrogen-bond donors (Lipinski definition) is 0. The van der Waals surface area contributed by atoms with E-state index in [4.69, 9.17) is 9.47 Å². The van der Waals surface area contributed by atoms with E-state index in [1.165, 1.54) is 19.3 Å². The van der Waals surface area contributed by atoms with Crippen LogP contribution in [0.1, 0.15) is 85.5 Å². The second-order valence-electron chi connectivity index (χ2n) is 7.63. The van der Waals surface area contributed by atoms with E-state index in [-0.39, 0.29) is 17.7 Å². The van der Waals surface area contributed by atoms with E-state index in [0.717, 1.165) is 38.5 Å². The van der Waals surface area contributed by atoms with Gasteiger partial charge in [-0.05, 0) is 59.3 Å². The van der Waals surface area contributed by atoms with Crippen molar-refractivity contribution in [1.29, 1.82) is 0 Å². The summed E-state index contributed by atoms with van der Waals surface area (Å²) >= 11 is 0. The maximum absolute atomic E-state index is 12.7. The fourth-order valence-corrected chi connectivity index (χ4v) is 3.84. The highest BCUT2D eigenvalue weighted by atomic mass is 16.6. The molecule has 1 heterocycles. The maximum Gasteiger partial charge on any atom is 0.412 e. The molecule has 2 rings (SSSR count). The van der Waals surface area contributed by atoms with Crippen LogP contribution in [0, 0.1) is 0 Å². The van der Waals surface area contributed by atoms with Crippen LogP contribution >= 0.6 is 0 Å². The van der Waals surface area contributed by atoms with E-state index in [1.807, 2.05) is 11.8 Å². The highest BCUT2D eigenvalue weighted by Crippen LogP contribution is 2.45. The molecule has 128 valence electrons. The molecular weight excluding hydrogens is 278 g/mol. The molecule has 1 saturated carbocycles. The third kappa shape index (κ3) is 3.76. The molecular formula is C18H33NO3.